The van der Waals surface area contributed by atoms with Gasteiger partial charge in [-0.15, -0.1) is 0 Å². The van der Waals surface area contributed by atoms with Crippen molar-refractivity contribution in [3.8, 4) is 5.75 Å². The van der Waals surface area contributed by atoms with Gasteiger partial charge < -0.3 is 20.2 Å². The number of benzene rings is 1. The number of halogens is 1. The first-order chi connectivity index (χ1) is 13.0. The summed E-state index contributed by atoms with van der Waals surface area (Å²) >= 11 is 6.01. The molecule has 12 heteroatoms. The number of amides is 1. The minimum atomic E-state index is -3.72. The normalized spacial score (nSPS) is 11.3. The van der Waals surface area contributed by atoms with Crippen molar-refractivity contribution < 1.29 is 22.9 Å². The van der Waals surface area contributed by atoms with Crippen molar-refractivity contribution in [2.45, 2.75) is 11.8 Å². The van der Waals surface area contributed by atoms with Gasteiger partial charge in [0.25, 0.3) is 5.91 Å². The van der Waals surface area contributed by atoms with E-state index in [1.165, 1.54) is 44.4 Å². The van der Waals surface area contributed by atoms with Crippen molar-refractivity contribution in [3.05, 3.63) is 51.2 Å². The third kappa shape index (κ3) is 4.94. The fourth-order valence-corrected chi connectivity index (χ4v) is 3.17. The molecule has 1 amide bonds. The molecule has 0 fully saturated rings. The van der Waals surface area contributed by atoms with Crippen molar-refractivity contribution in [1.82, 2.24) is 9.29 Å². The lowest BCUT2D eigenvalue weighted by Crippen LogP contribution is -2.23. The summed E-state index contributed by atoms with van der Waals surface area (Å²) in [6, 6.07) is 6.71. The van der Waals surface area contributed by atoms with Crippen LogP contribution in [0.4, 0.5) is 11.5 Å². The van der Waals surface area contributed by atoms with Gasteiger partial charge in [-0.25, -0.2) is 12.7 Å². The molecule has 0 bridgehead atoms. The summed E-state index contributed by atoms with van der Waals surface area (Å²) in [5.74, 6) is -1.36. The Labute approximate surface area is 166 Å². The lowest BCUT2D eigenvalue weighted by atomic mass is 10.3. The number of anilines is 1. The maximum absolute atomic E-state index is 12.2. The van der Waals surface area contributed by atoms with Gasteiger partial charge in [0, 0.05) is 21.0 Å². The Bertz CT molecular complexity index is 1030. The van der Waals surface area contributed by atoms with Gasteiger partial charge in [0.2, 0.25) is 15.8 Å². The summed E-state index contributed by atoms with van der Waals surface area (Å²) in [6.07, 6.45) is 0. The second-order valence-electron chi connectivity index (χ2n) is 5.80. The van der Waals surface area contributed by atoms with E-state index in [1.54, 1.807) is 6.92 Å². The van der Waals surface area contributed by atoms with Gasteiger partial charge in [0.1, 0.15) is 5.69 Å². The highest BCUT2D eigenvalue weighted by Gasteiger charge is 2.21. The Kier molecular flexibility index (Phi) is 6.54. The van der Waals surface area contributed by atoms with Crippen LogP contribution in [0.15, 0.2) is 35.2 Å². The molecule has 0 aliphatic heterocycles. The average molecular weight is 429 g/mol. The molecule has 10 nitrogen and oxygen atoms in total. The van der Waals surface area contributed by atoms with E-state index in [4.69, 9.17) is 16.3 Å². The number of nitro groups is 1. The fraction of sp³-hybridized carbons (Fsp3) is 0.250. The van der Waals surface area contributed by atoms with E-state index in [2.05, 4.69) is 10.3 Å². The number of hydrogen-bond acceptors (Lipinski definition) is 7. The van der Waals surface area contributed by atoms with E-state index in [1.807, 2.05) is 0 Å². The summed E-state index contributed by atoms with van der Waals surface area (Å²) < 4.78 is 30.6. The number of sulfonamides is 1. The molecule has 1 heterocycles. The van der Waals surface area contributed by atoms with Crippen LogP contribution in [0, 0.1) is 17.0 Å². The number of carbonyl (C=O) groups is 1. The molecule has 0 atom stereocenters. The van der Waals surface area contributed by atoms with Crippen molar-refractivity contribution in [2.75, 3.05) is 26.0 Å². The van der Waals surface area contributed by atoms with E-state index < -0.39 is 33.3 Å². The molecule has 1 N–H and O–H groups in total. The minimum absolute atomic E-state index is 0.0588. The number of rotatable bonds is 7. The average Bonchev–Trinajstić information content (AvgIpc) is 2.62. The number of aromatic nitrogens is 1. The molecular weight excluding hydrogens is 412 g/mol. The first-order valence-corrected chi connectivity index (χ1v) is 9.61. The van der Waals surface area contributed by atoms with Crippen LogP contribution < -0.4 is 10.1 Å². The predicted molar refractivity (Wildman–Crippen MR) is 102 cm³/mol. The summed E-state index contributed by atoms with van der Waals surface area (Å²) in [4.78, 5) is 26.1. The van der Waals surface area contributed by atoms with Crippen LogP contribution in [0.2, 0.25) is 5.02 Å². The van der Waals surface area contributed by atoms with Gasteiger partial charge in [-0.2, -0.15) is 0 Å². The van der Waals surface area contributed by atoms with Crippen molar-refractivity contribution >= 4 is 39.0 Å². The largest absolute Gasteiger partial charge is 0.476 e. The van der Waals surface area contributed by atoms with Crippen molar-refractivity contribution in [2.24, 2.45) is 0 Å². The highest BCUT2D eigenvalue weighted by molar-refractivity contribution is 7.89. The zero-order chi connectivity index (χ0) is 21.1. The number of nitrogens with one attached hydrogen (secondary N) is 1. The SMILES string of the molecule is Cc1ccc(OCC(=O)Nc2cc(S(=O)(=O)N(C)C)ccc2Cl)c([N+](=O)[O-])n1. The highest BCUT2D eigenvalue weighted by atomic mass is 35.5. The van der Waals surface area contributed by atoms with Gasteiger partial charge in [0.05, 0.1) is 15.6 Å². The molecule has 0 spiro atoms. The quantitative estimate of drug-likeness (QED) is 0.528. The number of ether oxygens (including phenoxy) is 1. The van der Waals surface area contributed by atoms with E-state index in [-0.39, 0.29) is 21.4 Å². The van der Waals surface area contributed by atoms with Crippen molar-refractivity contribution in [3.63, 3.8) is 0 Å². The molecular formula is C16H17ClN4O6S. The molecule has 0 saturated heterocycles. The Morgan fingerprint density at radius 2 is 2.00 bits per heavy atom. The minimum Gasteiger partial charge on any atom is -0.476 e. The van der Waals surface area contributed by atoms with E-state index in [0.717, 1.165) is 4.31 Å². The van der Waals surface area contributed by atoms with E-state index in [0.29, 0.717) is 5.69 Å². The van der Waals surface area contributed by atoms with Crippen LogP contribution >= 0.6 is 11.6 Å². The van der Waals surface area contributed by atoms with Gasteiger partial charge >= 0.3 is 5.82 Å². The zero-order valence-corrected chi connectivity index (χ0v) is 16.7. The van der Waals surface area contributed by atoms with Gasteiger partial charge in [-0.3, -0.25) is 4.79 Å². The Hall–Kier alpha value is -2.76. The lowest BCUT2D eigenvalue weighted by Gasteiger charge is -2.14. The Morgan fingerprint density at radius 3 is 2.61 bits per heavy atom. The van der Waals surface area contributed by atoms with Gasteiger partial charge in [0.15, 0.2) is 6.61 Å². The summed E-state index contributed by atoms with van der Waals surface area (Å²) in [5, 5.41) is 13.6. The molecule has 2 rings (SSSR count). The van der Waals surface area contributed by atoms with Crippen LogP contribution in [0.3, 0.4) is 0 Å². The molecule has 1 aromatic carbocycles. The molecule has 0 radical (unpaired) electrons. The number of aryl methyl sites for hydroxylation is 1. The third-order valence-corrected chi connectivity index (χ3v) is 5.64. The summed E-state index contributed by atoms with van der Waals surface area (Å²) in [7, 11) is -0.970. The standard InChI is InChI=1S/C16H17ClN4O6S/c1-10-4-7-14(16(18-10)21(23)24)27-9-15(22)19-13-8-11(5-6-12(13)17)28(25,26)20(2)3/h4-8H,9H2,1-3H3,(H,19,22). The predicted octanol–water partition coefficient (Wildman–Crippen LogP) is 2.22. The monoisotopic (exact) mass is 428 g/mol. The van der Waals surface area contributed by atoms with Crippen LogP contribution in [0.25, 0.3) is 0 Å². The second kappa shape index (κ2) is 8.50. The molecule has 1 aromatic heterocycles. The Morgan fingerprint density at radius 1 is 1.32 bits per heavy atom. The maximum Gasteiger partial charge on any atom is 0.406 e. The molecule has 28 heavy (non-hydrogen) atoms. The maximum atomic E-state index is 12.2. The van der Waals surface area contributed by atoms with E-state index in [9.17, 15) is 23.3 Å². The Balaban J connectivity index is 2.15. The zero-order valence-electron chi connectivity index (χ0n) is 15.2. The number of carbonyl (C=O) groups excluding carboxylic acids is 1. The molecule has 0 unspecified atom stereocenters. The fourth-order valence-electron chi connectivity index (χ4n) is 2.07. The van der Waals surface area contributed by atoms with Crippen LogP contribution in [0.5, 0.6) is 5.75 Å². The first-order valence-electron chi connectivity index (χ1n) is 7.79. The highest BCUT2D eigenvalue weighted by Crippen LogP contribution is 2.27. The molecule has 0 saturated carbocycles. The number of pyridine rings is 1. The lowest BCUT2D eigenvalue weighted by molar-refractivity contribution is -0.390. The van der Waals surface area contributed by atoms with Crippen LogP contribution in [-0.2, 0) is 14.8 Å². The van der Waals surface area contributed by atoms with Crippen LogP contribution in [0.1, 0.15) is 5.69 Å². The number of hydrogen-bond donors (Lipinski definition) is 1. The molecule has 2 aromatic rings. The summed E-state index contributed by atoms with van der Waals surface area (Å²) in [6.45, 7) is 1.02. The molecule has 150 valence electrons. The topological polar surface area (TPSA) is 132 Å². The second-order valence-corrected chi connectivity index (χ2v) is 8.36. The summed E-state index contributed by atoms with van der Waals surface area (Å²) in [5.41, 5.74) is 0.490. The third-order valence-electron chi connectivity index (χ3n) is 3.50. The van der Waals surface area contributed by atoms with Gasteiger partial charge in [-0.1, -0.05) is 11.6 Å². The van der Waals surface area contributed by atoms with Gasteiger partial charge in [-0.05, 0) is 40.2 Å². The molecule has 0 aliphatic rings. The van der Waals surface area contributed by atoms with Crippen molar-refractivity contribution in [1.29, 1.82) is 0 Å². The smallest absolute Gasteiger partial charge is 0.406 e. The first kappa shape index (κ1) is 21.5. The van der Waals surface area contributed by atoms with Crippen LogP contribution in [-0.4, -0.2) is 49.2 Å². The molecule has 0 aliphatic carbocycles. The number of nitrogens with zero attached hydrogens (tertiary/aromatic N) is 3. The van der Waals surface area contributed by atoms with E-state index >= 15 is 0 Å².